The van der Waals surface area contributed by atoms with Gasteiger partial charge in [-0.1, -0.05) is 18.2 Å². The molecule has 2 aromatic rings. The van der Waals surface area contributed by atoms with Crippen LogP contribution in [0.1, 0.15) is 12.8 Å². The number of nitrogens with one attached hydrogen (secondary N) is 1. The molecule has 1 atom stereocenters. The highest BCUT2D eigenvalue weighted by atomic mass is 16.1. The topological polar surface area (TPSA) is 54.4 Å². The van der Waals surface area contributed by atoms with Crippen LogP contribution in [-0.4, -0.2) is 10.9 Å². The average Bonchev–Trinajstić information content (AvgIpc) is 2.93. The minimum Gasteiger partial charge on any atom is -0.324 e. The summed E-state index contributed by atoms with van der Waals surface area (Å²) in [5.74, 6) is -0.136. The Labute approximate surface area is 127 Å². The van der Waals surface area contributed by atoms with Gasteiger partial charge in [0.05, 0.1) is 28.9 Å². The number of nitrogens with zero attached hydrogens (tertiary/aromatic N) is 2. The average molecular weight is 289 g/mol. The number of benzene rings is 1. The number of anilines is 1. The fourth-order valence-electron chi connectivity index (χ4n) is 3.01. The number of fused-ring (bicyclic) bond motifs is 2. The van der Waals surface area contributed by atoms with Crippen molar-refractivity contribution in [3.8, 4) is 0 Å². The Balaban J connectivity index is 1.61. The van der Waals surface area contributed by atoms with Crippen molar-refractivity contribution in [1.29, 1.82) is 0 Å². The van der Waals surface area contributed by atoms with Gasteiger partial charge < -0.3 is 5.32 Å². The molecule has 0 spiro atoms. The summed E-state index contributed by atoms with van der Waals surface area (Å²) < 4.78 is 0. The summed E-state index contributed by atoms with van der Waals surface area (Å²) >= 11 is 0. The number of rotatable bonds is 2. The summed E-state index contributed by atoms with van der Waals surface area (Å²) in [6.45, 7) is 0. The molecule has 1 N–H and O–H groups in total. The molecule has 1 aromatic carbocycles. The van der Waals surface area contributed by atoms with Crippen molar-refractivity contribution in [2.75, 3.05) is 5.32 Å². The van der Waals surface area contributed by atoms with E-state index in [0.717, 1.165) is 29.6 Å². The first-order chi connectivity index (χ1) is 10.8. The molecule has 2 aliphatic rings. The summed E-state index contributed by atoms with van der Waals surface area (Å²) in [4.78, 5) is 21.0. The first kappa shape index (κ1) is 13.0. The second kappa shape index (κ2) is 5.22. The van der Waals surface area contributed by atoms with Crippen molar-refractivity contribution >= 4 is 17.2 Å². The number of hydrogen-bond donors (Lipinski definition) is 1. The largest absolute Gasteiger partial charge is 0.324 e. The summed E-state index contributed by atoms with van der Waals surface area (Å²) in [6.07, 6.45) is 7.03. The van der Waals surface area contributed by atoms with Crippen molar-refractivity contribution in [3.63, 3.8) is 0 Å². The van der Waals surface area contributed by atoms with Crippen molar-refractivity contribution in [2.24, 2.45) is 10.9 Å². The predicted octanol–water partition coefficient (Wildman–Crippen LogP) is 1.80. The number of allylic oxidation sites excluding steroid dienone is 1. The quantitative estimate of drug-likeness (QED) is 0.916. The van der Waals surface area contributed by atoms with E-state index in [-0.39, 0.29) is 11.8 Å². The number of carbonyl (C=O) groups excluding carboxylic acids is 1. The molecule has 1 amide bonds. The summed E-state index contributed by atoms with van der Waals surface area (Å²) in [5, 5.41) is 5.14. The molecule has 4 nitrogen and oxygen atoms in total. The van der Waals surface area contributed by atoms with Crippen LogP contribution in [0.15, 0.2) is 65.6 Å². The van der Waals surface area contributed by atoms with Gasteiger partial charge in [0, 0.05) is 11.4 Å². The maximum Gasteiger partial charge on any atom is 0.231 e. The fourth-order valence-corrected chi connectivity index (χ4v) is 3.01. The highest BCUT2D eigenvalue weighted by molar-refractivity contribution is 5.94. The molecule has 1 aromatic heterocycles. The smallest absolute Gasteiger partial charge is 0.231 e. The second-order valence-corrected chi connectivity index (χ2v) is 5.54. The molecular formula is C18H15N3O. The van der Waals surface area contributed by atoms with Crippen LogP contribution in [0.4, 0.5) is 5.69 Å². The van der Waals surface area contributed by atoms with Crippen LogP contribution in [0.2, 0.25) is 0 Å². The molecule has 0 saturated carbocycles. The maximum atomic E-state index is 12.4. The van der Waals surface area contributed by atoms with Crippen LogP contribution in [0.25, 0.3) is 5.57 Å². The van der Waals surface area contributed by atoms with Gasteiger partial charge in [-0.15, -0.1) is 0 Å². The van der Waals surface area contributed by atoms with E-state index in [2.05, 4.69) is 21.4 Å². The van der Waals surface area contributed by atoms with E-state index >= 15 is 0 Å². The minimum atomic E-state index is -0.142. The number of carbonyl (C=O) groups is 1. The number of hydrogen-bond acceptors (Lipinski definition) is 3. The van der Waals surface area contributed by atoms with Crippen LogP contribution in [0.5, 0.6) is 0 Å². The Morgan fingerprint density at radius 2 is 2.09 bits per heavy atom. The molecule has 2 heterocycles. The van der Waals surface area contributed by atoms with E-state index in [1.165, 1.54) is 10.8 Å². The molecule has 1 unspecified atom stereocenters. The summed E-state index contributed by atoms with van der Waals surface area (Å²) in [7, 11) is 0. The van der Waals surface area contributed by atoms with Crippen molar-refractivity contribution in [3.05, 3.63) is 71.1 Å². The van der Waals surface area contributed by atoms with Gasteiger partial charge in [-0.2, -0.15) is 0 Å². The van der Waals surface area contributed by atoms with E-state index in [1.807, 2.05) is 36.4 Å². The zero-order valence-electron chi connectivity index (χ0n) is 12.0. The highest BCUT2D eigenvalue weighted by Crippen LogP contribution is 2.30. The number of para-hydroxylation sites is 1. The Hall–Kier alpha value is -2.75. The molecule has 4 rings (SSSR count). The van der Waals surface area contributed by atoms with Crippen LogP contribution < -0.4 is 15.9 Å². The van der Waals surface area contributed by atoms with Gasteiger partial charge >= 0.3 is 0 Å². The lowest BCUT2D eigenvalue weighted by Crippen LogP contribution is -2.25. The van der Waals surface area contributed by atoms with E-state index in [1.54, 1.807) is 12.4 Å². The van der Waals surface area contributed by atoms with Crippen LogP contribution in [-0.2, 0) is 4.79 Å². The van der Waals surface area contributed by atoms with Gasteiger partial charge in [0.15, 0.2) is 0 Å². The number of amides is 1. The van der Waals surface area contributed by atoms with Crippen molar-refractivity contribution in [1.82, 2.24) is 4.98 Å². The van der Waals surface area contributed by atoms with Gasteiger partial charge in [-0.3, -0.25) is 9.78 Å². The van der Waals surface area contributed by atoms with Gasteiger partial charge in [0.1, 0.15) is 0 Å². The third-order valence-electron chi connectivity index (χ3n) is 4.11. The Morgan fingerprint density at radius 1 is 1.18 bits per heavy atom. The number of pyridine rings is 1. The predicted molar refractivity (Wildman–Crippen MR) is 84.3 cm³/mol. The van der Waals surface area contributed by atoms with E-state index in [4.69, 9.17) is 0 Å². The van der Waals surface area contributed by atoms with Crippen LogP contribution >= 0.6 is 0 Å². The molecule has 0 saturated heterocycles. The lowest BCUT2D eigenvalue weighted by molar-refractivity contribution is -0.118. The third-order valence-corrected chi connectivity index (χ3v) is 4.11. The lowest BCUT2D eigenvalue weighted by atomic mass is 9.89. The first-order valence-electron chi connectivity index (χ1n) is 7.41. The molecule has 4 heteroatoms. The Kier molecular flexibility index (Phi) is 3.07. The monoisotopic (exact) mass is 289 g/mol. The summed E-state index contributed by atoms with van der Waals surface area (Å²) in [5.41, 5.74) is 2.95. The van der Waals surface area contributed by atoms with E-state index in [0.29, 0.717) is 0 Å². The Bertz CT molecular complexity index is 884. The molecule has 0 fully saturated rings. The first-order valence-corrected chi connectivity index (χ1v) is 7.41. The number of aromatic nitrogens is 1. The van der Waals surface area contributed by atoms with Crippen molar-refractivity contribution < 1.29 is 4.79 Å². The van der Waals surface area contributed by atoms with E-state index in [9.17, 15) is 4.79 Å². The normalized spacial score (nSPS) is 18.8. The second-order valence-electron chi connectivity index (χ2n) is 5.54. The molecule has 1 aliphatic carbocycles. The van der Waals surface area contributed by atoms with Gasteiger partial charge in [-0.05, 0) is 42.7 Å². The molecule has 1 aliphatic heterocycles. The molecule has 0 radical (unpaired) electrons. The third kappa shape index (κ3) is 2.22. The molecule has 108 valence electrons. The zero-order valence-corrected chi connectivity index (χ0v) is 12.0. The highest BCUT2D eigenvalue weighted by Gasteiger charge is 2.25. The fraction of sp³-hybridized carbons (Fsp3) is 0.167. The molecule has 22 heavy (non-hydrogen) atoms. The summed E-state index contributed by atoms with van der Waals surface area (Å²) in [6, 6.07) is 11.8. The van der Waals surface area contributed by atoms with Crippen LogP contribution in [0, 0.1) is 5.92 Å². The van der Waals surface area contributed by atoms with Gasteiger partial charge in [0.2, 0.25) is 5.91 Å². The minimum absolute atomic E-state index is 0.00528. The van der Waals surface area contributed by atoms with Crippen molar-refractivity contribution in [2.45, 2.75) is 12.8 Å². The standard InChI is InChI=1S/C18H15N3O/c22-18(20-13-4-3-9-19-11-13)12-7-8-15-14-5-1-2-6-16(14)21-17(15)10-12/h1-6,9-12H,7-8H2,(H,20,22). The lowest BCUT2D eigenvalue weighted by Gasteiger charge is -2.19. The van der Waals surface area contributed by atoms with Gasteiger partial charge in [0.25, 0.3) is 0 Å². The SMILES string of the molecule is O=C(Nc1cccnc1)C1C=C2N=c3ccccc3=C2CC1. The maximum absolute atomic E-state index is 12.4. The van der Waals surface area contributed by atoms with E-state index < -0.39 is 0 Å². The Morgan fingerprint density at radius 3 is 2.95 bits per heavy atom. The van der Waals surface area contributed by atoms with Crippen LogP contribution in [0.3, 0.4) is 0 Å². The molecular weight excluding hydrogens is 274 g/mol. The van der Waals surface area contributed by atoms with Gasteiger partial charge in [-0.25, -0.2) is 4.99 Å². The zero-order chi connectivity index (χ0) is 14.9. The molecule has 0 bridgehead atoms.